The molecule has 10 heteroatoms. The summed E-state index contributed by atoms with van der Waals surface area (Å²) < 4.78 is 26.8. The first-order valence-electron chi connectivity index (χ1n) is 8.42. The molecule has 1 aromatic heterocycles. The summed E-state index contributed by atoms with van der Waals surface area (Å²) in [5.41, 5.74) is 0.679. The Kier molecular flexibility index (Phi) is 5.59. The van der Waals surface area contributed by atoms with Crippen molar-refractivity contribution in [1.29, 1.82) is 0 Å². The van der Waals surface area contributed by atoms with Gasteiger partial charge >= 0.3 is 0 Å². The van der Waals surface area contributed by atoms with Crippen LogP contribution >= 0.6 is 11.3 Å². The number of sulfonamides is 1. The van der Waals surface area contributed by atoms with Crippen molar-refractivity contribution in [1.82, 2.24) is 4.31 Å². The minimum absolute atomic E-state index is 0.00230. The predicted molar refractivity (Wildman–Crippen MR) is 102 cm³/mol. The van der Waals surface area contributed by atoms with E-state index in [1.165, 1.54) is 22.5 Å². The molecule has 0 aliphatic carbocycles. The zero-order valence-electron chi connectivity index (χ0n) is 14.7. The molecule has 1 saturated heterocycles. The summed E-state index contributed by atoms with van der Waals surface area (Å²) in [4.78, 5) is 23.4. The molecule has 2 heterocycles. The molecule has 3 rings (SSSR count). The fourth-order valence-corrected chi connectivity index (χ4v) is 5.98. The molecule has 1 N–H and O–H groups in total. The molecule has 0 spiro atoms. The van der Waals surface area contributed by atoms with Crippen molar-refractivity contribution >= 4 is 38.6 Å². The zero-order valence-corrected chi connectivity index (χ0v) is 16.3. The fraction of sp³-hybridized carbons (Fsp3) is 0.353. The van der Waals surface area contributed by atoms with E-state index in [1.54, 1.807) is 19.1 Å². The van der Waals surface area contributed by atoms with E-state index in [0.29, 0.717) is 29.2 Å². The third kappa shape index (κ3) is 4.18. The number of nitrogens with zero attached hydrogens (tertiary/aromatic N) is 2. The smallest absolute Gasteiger partial charge is 0.274 e. The molecule has 27 heavy (non-hydrogen) atoms. The number of carbonyl (C=O) groups is 1. The SMILES string of the molecule is Cc1c(NC(=O)Cc2ccc(S(=O)(=O)N3CCCC3)s2)cccc1[N+](=O)[O-]. The van der Waals surface area contributed by atoms with Gasteiger partial charge in [-0.05, 0) is 38.0 Å². The van der Waals surface area contributed by atoms with Crippen molar-refractivity contribution < 1.29 is 18.1 Å². The van der Waals surface area contributed by atoms with E-state index < -0.39 is 14.9 Å². The Balaban J connectivity index is 1.70. The van der Waals surface area contributed by atoms with Crippen LogP contribution in [0.1, 0.15) is 23.3 Å². The molecule has 1 aliphatic rings. The number of rotatable bonds is 6. The van der Waals surface area contributed by atoms with Crippen LogP contribution in [0.4, 0.5) is 11.4 Å². The van der Waals surface area contributed by atoms with E-state index in [9.17, 15) is 23.3 Å². The first-order chi connectivity index (χ1) is 12.8. The highest BCUT2D eigenvalue weighted by atomic mass is 32.2. The Bertz CT molecular complexity index is 978. The highest BCUT2D eigenvalue weighted by Crippen LogP contribution is 2.28. The van der Waals surface area contributed by atoms with Crippen LogP contribution in [0.2, 0.25) is 0 Å². The van der Waals surface area contributed by atoms with Gasteiger partial charge in [0.05, 0.1) is 22.6 Å². The standard InChI is InChI=1S/C17H19N3O5S2/c1-12-14(5-4-6-15(12)20(22)23)18-16(21)11-13-7-8-17(26-13)27(24,25)19-9-2-3-10-19/h4-8H,2-3,9-11H2,1H3,(H,18,21). The molecular weight excluding hydrogens is 390 g/mol. The highest BCUT2D eigenvalue weighted by Gasteiger charge is 2.28. The molecular formula is C17H19N3O5S2. The number of hydrogen-bond acceptors (Lipinski definition) is 6. The maximum Gasteiger partial charge on any atom is 0.274 e. The van der Waals surface area contributed by atoms with Crippen molar-refractivity contribution in [2.45, 2.75) is 30.4 Å². The lowest BCUT2D eigenvalue weighted by molar-refractivity contribution is -0.385. The van der Waals surface area contributed by atoms with Crippen LogP contribution in [0, 0.1) is 17.0 Å². The second kappa shape index (κ2) is 7.75. The minimum Gasteiger partial charge on any atom is -0.325 e. The van der Waals surface area contributed by atoms with Crippen LogP contribution in [0.5, 0.6) is 0 Å². The summed E-state index contributed by atoms with van der Waals surface area (Å²) in [6, 6.07) is 7.64. The second-order valence-corrected chi connectivity index (χ2v) is 9.60. The van der Waals surface area contributed by atoms with Gasteiger partial charge in [-0.2, -0.15) is 4.31 Å². The Hall–Kier alpha value is -2.30. The number of amides is 1. The number of nitro groups is 1. The minimum atomic E-state index is -3.49. The Morgan fingerprint density at radius 3 is 2.63 bits per heavy atom. The number of nitro benzene ring substituents is 1. The predicted octanol–water partition coefficient (Wildman–Crippen LogP) is 2.93. The molecule has 8 nitrogen and oxygen atoms in total. The zero-order chi connectivity index (χ0) is 19.6. The van der Waals surface area contributed by atoms with Crippen molar-refractivity contribution in [3.05, 3.63) is 50.9 Å². The summed E-state index contributed by atoms with van der Waals surface area (Å²) in [6.07, 6.45) is 1.73. The van der Waals surface area contributed by atoms with Gasteiger partial charge in [0.15, 0.2) is 0 Å². The van der Waals surface area contributed by atoms with Gasteiger partial charge in [-0.3, -0.25) is 14.9 Å². The van der Waals surface area contributed by atoms with Crippen LogP contribution in [0.3, 0.4) is 0 Å². The van der Waals surface area contributed by atoms with E-state index in [0.717, 1.165) is 24.2 Å². The van der Waals surface area contributed by atoms with Crippen molar-refractivity contribution in [3.8, 4) is 0 Å². The largest absolute Gasteiger partial charge is 0.325 e. The first-order valence-corrected chi connectivity index (χ1v) is 10.7. The molecule has 144 valence electrons. The Labute approximate surface area is 161 Å². The summed E-state index contributed by atoms with van der Waals surface area (Å²) in [7, 11) is -3.49. The van der Waals surface area contributed by atoms with Crippen LogP contribution in [-0.2, 0) is 21.2 Å². The highest BCUT2D eigenvalue weighted by molar-refractivity contribution is 7.91. The van der Waals surface area contributed by atoms with E-state index in [4.69, 9.17) is 0 Å². The van der Waals surface area contributed by atoms with Gasteiger partial charge in [0.2, 0.25) is 5.91 Å². The maximum atomic E-state index is 12.5. The van der Waals surface area contributed by atoms with E-state index in [1.807, 2.05) is 0 Å². The molecule has 0 atom stereocenters. The van der Waals surface area contributed by atoms with Crippen LogP contribution < -0.4 is 5.32 Å². The van der Waals surface area contributed by atoms with E-state index >= 15 is 0 Å². The van der Waals surface area contributed by atoms with Crippen LogP contribution in [0.15, 0.2) is 34.5 Å². The van der Waals surface area contributed by atoms with Crippen molar-refractivity contribution in [3.63, 3.8) is 0 Å². The molecule has 2 aromatic rings. The Morgan fingerprint density at radius 1 is 1.26 bits per heavy atom. The number of hydrogen-bond donors (Lipinski definition) is 1. The number of anilines is 1. The number of carbonyl (C=O) groups excluding carboxylic acids is 1. The molecule has 0 saturated carbocycles. The van der Waals surface area contributed by atoms with Gasteiger partial charge < -0.3 is 5.32 Å². The fourth-order valence-electron chi connectivity index (χ4n) is 2.96. The van der Waals surface area contributed by atoms with Crippen LogP contribution in [0.25, 0.3) is 0 Å². The van der Waals surface area contributed by atoms with Gasteiger partial charge in [0.1, 0.15) is 4.21 Å². The van der Waals surface area contributed by atoms with Crippen molar-refractivity contribution in [2.24, 2.45) is 0 Å². The molecule has 0 radical (unpaired) electrons. The topological polar surface area (TPSA) is 110 Å². The third-order valence-electron chi connectivity index (χ3n) is 4.41. The molecule has 0 bridgehead atoms. The van der Waals surface area contributed by atoms with Gasteiger partial charge in [-0.25, -0.2) is 8.42 Å². The van der Waals surface area contributed by atoms with Crippen molar-refractivity contribution in [2.75, 3.05) is 18.4 Å². The second-order valence-electron chi connectivity index (χ2n) is 6.26. The lowest BCUT2D eigenvalue weighted by Gasteiger charge is -2.13. The average Bonchev–Trinajstić information content (AvgIpc) is 3.28. The van der Waals surface area contributed by atoms with Gasteiger partial charge in [-0.15, -0.1) is 11.3 Å². The lowest BCUT2D eigenvalue weighted by atomic mass is 10.1. The molecule has 1 aliphatic heterocycles. The van der Waals surface area contributed by atoms with E-state index in [-0.39, 0.29) is 22.2 Å². The summed E-state index contributed by atoms with van der Waals surface area (Å²) >= 11 is 1.08. The lowest BCUT2D eigenvalue weighted by Crippen LogP contribution is -2.27. The summed E-state index contributed by atoms with van der Waals surface area (Å²) in [6.45, 7) is 2.63. The number of thiophene rings is 1. The normalized spacial score (nSPS) is 15.0. The quantitative estimate of drug-likeness (QED) is 0.583. The van der Waals surface area contributed by atoms with Gasteiger partial charge in [0.25, 0.3) is 15.7 Å². The van der Waals surface area contributed by atoms with Gasteiger partial charge in [0, 0.05) is 24.0 Å². The van der Waals surface area contributed by atoms with Gasteiger partial charge in [-0.1, -0.05) is 6.07 Å². The maximum absolute atomic E-state index is 12.5. The Morgan fingerprint density at radius 2 is 1.96 bits per heavy atom. The summed E-state index contributed by atoms with van der Waals surface area (Å²) in [5, 5.41) is 13.7. The van der Waals surface area contributed by atoms with E-state index in [2.05, 4.69) is 5.32 Å². The average molecular weight is 409 g/mol. The number of nitrogens with one attached hydrogen (secondary N) is 1. The third-order valence-corrected chi connectivity index (χ3v) is 7.86. The monoisotopic (exact) mass is 409 g/mol. The summed E-state index contributed by atoms with van der Waals surface area (Å²) in [5.74, 6) is -0.356. The number of benzene rings is 1. The first kappa shape index (κ1) is 19.5. The van der Waals surface area contributed by atoms with Crippen LogP contribution in [-0.4, -0.2) is 36.6 Å². The molecule has 1 fully saturated rings. The molecule has 0 unspecified atom stereocenters. The molecule has 1 amide bonds. The molecule has 1 aromatic carbocycles.